The van der Waals surface area contributed by atoms with Gasteiger partial charge in [0.15, 0.2) is 0 Å². The number of carbonyl (C=O) groups excluding carboxylic acids is 1. The van der Waals surface area contributed by atoms with E-state index in [1.807, 2.05) is 17.9 Å². The van der Waals surface area contributed by atoms with Crippen molar-refractivity contribution in [3.8, 4) is 10.4 Å². The Balaban J connectivity index is 1.72. The minimum Gasteiger partial charge on any atom is -0.338 e. The van der Waals surface area contributed by atoms with Crippen LogP contribution in [0.1, 0.15) is 73.5 Å². The average molecular weight is 356 g/mol. The summed E-state index contributed by atoms with van der Waals surface area (Å²) in [5.74, 6) is 0.912. The third-order valence-corrected chi connectivity index (χ3v) is 6.37. The lowest BCUT2D eigenvalue weighted by Gasteiger charge is -2.22. The second kappa shape index (κ2) is 8.66. The van der Waals surface area contributed by atoms with Crippen molar-refractivity contribution in [2.24, 2.45) is 0 Å². The van der Waals surface area contributed by atoms with Gasteiger partial charge in [0.2, 0.25) is 0 Å². The predicted octanol–water partition coefficient (Wildman–Crippen LogP) is 6.33. The smallest absolute Gasteiger partial charge is 0.263 e. The Kier molecular flexibility index (Phi) is 6.30. The molecule has 3 heteroatoms. The lowest BCUT2D eigenvalue weighted by Crippen LogP contribution is -2.30. The molecule has 1 aliphatic rings. The number of rotatable bonds is 6. The van der Waals surface area contributed by atoms with E-state index in [0.29, 0.717) is 0 Å². The molecule has 0 atom stereocenters. The molecule has 0 radical (unpaired) electrons. The van der Waals surface area contributed by atoms with E-state index >= 15 is 0 Å². The SMILES string of the molecule is CCCN(CC)C(=O)c1ccc(-c2ccc(C3CCCCC3)cc2)s1. The Morgan fingerprint density at radius 2 is 1.76 bits per heavy atom. The molecule has 0 aliphatic heterocycles. The average Bonchev–Trinajstić information content (AvgIpc) is 3.16. The van der Waals surface area contributed by atoms with E-state index < -0.39 is 0 Å². The fourth-order valence-corrected chi connectivity index (χ4v) is 4.77. The number of amides is 1. The molecule has 1 fully saturated rings. The van der Waals surface area contributed by atoms with Crippen LogP contribution in [0.5, 0.6) is 0 Å². The number of thiophene rings is 1. The van der Waals surface area contributed by atoms with Gasteiger partial charge in [0.05, 0.1) is 4.88 Å². The summed E-state index contributed by atoms with van der Waals surface area (Å²) in [6.07, 6.45) is 7.80. The van der Waals surface area contributed by atoms with Crippen LogP contribution < -0.4 is 0 Å². The molecule has 25 heavy (non-hydrogen) atoms. The lowest BCUT2D eigenvalue weighted by molar-refractivity contribution is 0.0769. The lowest BCUT2D eigenvalue weighted by atomic mass is 9.84. The van der Waals surface area contributed by atoms with Gasteiger partial charge in [-0.3, -0.25) is 4.79 Å². The van der Waals surface area contributed by atoms with Crippen molar-refractivity contribution in [1.82, 2.24) is 4.90 Å². The van der Waals surface area contributed by atoms with E-state index in [1.54, 1.807) is 11.3 Å². The summed E-state index contributed by atoms with van der Waals surface area (Å²) in [6.45, 7) is 5.77. The van der Waals surface area contributed by atoms with Crippen LogP contribution in [-0.4, -0.2) is 23.9 Å². The molecule has 2 nitrogen and oxygen atoms in total. The van der Waals surface area contributed by atoms with Crippen LogP contribution in [0.25, 0.3) is 10.4 Å². The molecule has 134 valence electrons. The summed E-state index contributed by atoms with van der Waals surface area (Å²) in [6, 6.07) is 13.1. The molecule has 2 aromatic rings. The van der Waals surface area contributed by atoms with Gasteiger partial charge in [-0.1, -0.05) is 50.5 Å². The van der Waals surface area contributed by atoms with Crippen LogP contribution in [0.15, 0.2) is 36.4 Å². The highest BCUT2D eigenvalue weighted by Crippen LogP contribution is 2.35. The van der Waals surface area contributed by atoms with Gasteiger partial charge in [-0.2, -0.15) is 0 Å². The van der Waals surface area contributed by atoms with E-state index in [-0.39, 0.29) is 5.91 Å². The van der Waals surface area contributed by atoms with Gasteiger partial charge < -0.3 is 4.90 Å². The standard InChI is InChI=1S/C22H29NOS/c1-3-16-23(4-2)22(24)21-15-14-20(25-21)19-12-10-18(11-13-19)17-8-6-5-7-9-17/h10-15,17H,3-9,16H2,1-2H3. The van der Waals surface area contributed by atoms with E-state index in [1.165, 1.54) is 48.1 Å². The van der Waals surface area contributed by atoms with Crippen molar-refractivity contribution in [2.75, 3.05) is 13.1 Å². The maximum Gasteiger partial charge on any atom is 0.263 e. The second-order valence-corrected chi connectivity index (χ2v) is 8.09. The Bertz CT molecular complexity index is 682. The Morgan fingerprint density at radius 3 is 2.40 bits per heavy atom. The summed E-state index contributed by atoms with van der Waals surface area (Å²) in [5, 5.41) is 0. The van der Waals surface area contributed by atoms with Gasteiger partial charge in [0.25, 0.3) is 5.91 Å². The first kappa shape index (κ1) is 18.2. The van der Waals surface area contributed by atoms with Gasteiger partial charge in [-0.15, -0.1) is 11.3 Å². The van der Waals surface area contributed by atoms with Gasteiger partial charge >= 0.3 is 0 Å². The Morgan fingerprint density at radius 1 is 1.04 bits per heavy atom. The highest BCUT2D eigenvalue weighted by molar-refractivity contribution is 7.17. The van der Waals surface area contributed by atoms with Crippen LogP contribution in [0.2, 0.25) is 0 Å². The molecular weight excluding hydrogens is 326 g/mol. The molecule has 0 unspecified atom stereocenters. The van der Waals surface area contributed by atoms with Crippen molar-refractivity contribution in [3.05, 3.63) is 46.8 Å². The predicted molar refractivity (Wildman–Crippen MR) is 107 cm³/mol. The summed E-state index contributed by atoms with van der Waals surface area (Å²) in [4.78, 5) is 16.6. The number of carbonyl (C=O) groups is 1. The molecule has 0 saturated heterocycles. The zero-order valence-electron chi connectivity index (χ0n) is 15.5. The van der Waals surface area contributed by atoms with Crippen molar-refractivity contribution >= 4 is 17.2 Å². The zero-order valence-corrected chi connectivity index (χ0v) is 16.3. The number of hydrogen-bond acceptors (Lipinski definition) is 2. The monoisotopic (exact) mass is 355 g/mol. The van der Waals surface area contributed by atoms with Crippen LogP contribution in [0.3, 0.4) is 0 Å². The molecule has 3 rings (SSSR count). The fourth-order valence-electron chi connectivity index (χ4n) is 3.79. The largest absolute Gasteiger partial charge is 0.338 e. The Hall–Kier alpha value is -1.61. The minimum atomic E-state index is 0.166. The number of hydrogen-bond donors (Lipinski definition) is 0. The highest BCUT2D eigenvalue weighted by Gasteiger charge is 2.17. The van der Waals surface area contributed by atoms with Gasteiger partial charge in [0.1, 0.15) is 0 Å². The first-order valence-corrected chi connectivity index (χ1v) is 10.5. The van der Waals surface area contributed by atoms with Crippen LogP contribution in [0, 0.1) is 0 Å². The topological polar surface area (TPSA) is 20.3 Å². The molecule has 0 spiro atoms. The van der Waals surface area contributed by atoms with Crippen LogP contribution >= 0.6 is 11.3 Å². The van der Waals surface area contributed by atoms with Gasteiger partial charge in [-0.25, -0.2) is 0 Å². The van der Waals surface area contributed by atoms with E-state index in [0.717, 1.165) is 30.3 Å². The molecule has 1 aliphatic carbocycles. The second-order valence-electron chi connectivity index (χ2n) is 7.01. The van der Waals surface area contributed by atoms with Crippen LogP contribution in [0.4, 0.5) is 0 Å². The summed E-state index contributed by atoms with van der Waals surface area (Å²) in [5.41, 5.74) is 2.71. The molecule has 1 aromatic heterocycles. The third-order valence-electron chi connectivity index (χ3n) is 5.25. The molecular formula is C22H29NOS. The maximum atomic E-state index is 12.6. The van der Waals surface area contributed by atoms with Crippen molar-refractivity contribution in [3.63, 3.8) is 0 Å². The molecule has 0 bridgehead atoms. The number of nitrogens with zero attached hydrogens (tertiary/aromatic N) is 1. The highest BCUT2D eigenvalue weighted by atomic mass is 32.1. The van der Waals surface area contributed by atoms with Crippen molar-refractivity contribution < 1.29 is 4.79 Å². The quantitative estimate of drug-likeness (QED) is 0.592. The first-order valence-electron chi connectivity index (χ1n) is 9.72. The number of benzene rings is 1. The first-order chi connectivity index (χ1) is 12.2. The zero-order chi connectivity index (χ0) is 17.6. The normalized spacial score (nSPS) is 15.3. The summed E-state index contributed by atoms with van der Waals surface area (Å²) < 4.78 is 0. The van der Waals surface area contributed by atoms with Gasteiger partial charge in [-0.05, 0) is 55.4 Å². The molecule has 0 N–H and O–H groups in total. The molecule has 1 heterocycles. The van der Waals surface area contributed by atoms with E-state index in [2.05, 4.69) is 37.3 Å². The van der Waals surface area contributed by atoms with E-state index in [9.17, 15) is 4.79 Å². The third kappa shape index (κ3) is 4.33. The fraction of sp³-hybridized carbons (Fsp3) is 0.500. The van der Waals surface area contributed by atoms with Gasteiger partial charge in [0, 0.05) is 18.0 Å². The van der Waals surface area contributed by atoms with E-state index in [4.69, 9.17) is 0 Å². The van der Waals surface area contributed by atoms with Crippen molar-refractivity contribution in [1.29, 1.82) is 0 Å². The minimum absolute atomic E-state index is 0.166. The van der Waals surface area contributed by atoms with Crippen LogP contribution in [-0.2, 0) is 0 Å². The molecule has 1 amide bonds. The van der Waals surface area contributed by atoms with Crippen molar-refractivity contribution in [2.45, 2.75) is 58.3 Å². The Labute approximate surface area is 155 Å². The maximum absolute atomic E-state index is 12.6. The summed E-state index contributed by atoms with van der Waals surface area (Å²) >= 11 is 1.61. The molecule has 1 aromatic carbocycles. The molecule has 1 saturated carbocycles. The summed E-state index contributed by atoms with van der Waals surface area (Å²) in [7, 11) is 0.